The van der Waals surface area contributed by atoms with Gasteiger partial charge in [0.05, 0.1) is 25.5 Å². The van der Waals surface area contributed by atoms with E-state index in [1.807, 2.05) is 29.6 Å². The minimum Gasteiger partial charge on any atom is -0.497 e. The molecule has 1 heterocycles. The monoisotopic (exact) mass is 409 g/mol. The first-order chi connectivity index (χ1) is 14.1. The maximum absolute atomic E-state index is 11.9. The molecule has 0 N–H and O–H groups in total. The predicted molar refractivity (Wildman–Crippen MR) is 111 cm³/mol. The molecule has 29 heavy (non-hydrogen) atoms. The molecule has 6 nitrogen and oxygen atoms in total. The van der Waals surface area contributed by atoms with E-state index in [1.54, 1.807) is 37.5 Å². The summed E-state index contributed by atoms with van der Waals surface area (Å²) in [6, 6.07) is 14.3. The van der Waals surface area contributed by atoms with E-state index >= 15 is 0 Å². The summed E-state index contributed by atoms with van der Waals surface area (Å²) in [5.74, 6) is -0.120. The van der Waals surface area contributed by atoms with E-state index in [-0.39, 0.29) is 6.61 Å². The second kappa shape index (κ2) is 9.66. The summed E-state index contributed by atoms with van der Waals surface area (Å²) in [4.78, 5) is 27.9. The van der Waals surface area contributed by atoms with E-state index in [2.05, 4.69) is 9.72 Å². The molecule has 2 aromatic carbocycles. The molecule has 0 bridgehead atoms. The van der Waals surface area contributed by atoms with Crippen LogP contribution in [-0.4, -0.2) is 31.1 Å². The molecule has 1 aromatic heterocycles. The number of rotatable bonds is 7. The number of ether oxygens (including phenoxy) is 3. The van der Waals surface area contributed by atoms with Crippen molar-refractivity contribution in [1.82, 2.24) is 4.98 Å². The van der Waals surface area contributed by atoms with E-state index in [1.165, 1.54) is 24.5 Å². The van der Waals surface area contributed by atoms with Crippen LogP contribution in [0.25, 0.3) is 16.6 Å². The van der Waals surface area contributed by atoms with E-state index < -0.39 is 11.9 Å². The van der Waals surface area contributed by atoms with Crippen LogP contribution in [0.3, 0.4) is 0 Å². The molecule has 7 heteroatoms. The Morgan fingerprint density at radius 3 is 2.62 bits per heavy atom. The van der Waals surface area contributed by atoms with Crippen molar-refractivity contribution in [3.8, 4) is 16.3 Å². The van der Waals surface area contributed by atoms with Crippen molar-refractivity contribution in [3.05, 3.63) is 76.8 Å². The van der Waals surface area contributed by atoms with Gasteiger partial charge in [-0.05, 0) is 35.9 Å². The van der Waals surface area contributed by atoms with Gasteiger partial charge in [0, 0.05) is 17.0 Å². The molecule has 0 aliphatic heterocycles. The third-order valence-electron chi connectivity index (χ3n) is 3.97. The Morgan fingerprint density at radius 1 is 1.10 bits per heavy atom. The Balaban J connectivity index is 1.55. The molecule has 0 spiro atoms. The summed E-state index contributed by atoms with van der Waals surface area (Å²) in [6.45, 7) is 0.0882. The number of aromatic nitrogens is 1. The van der Waals surface area contributed by atoms with Crippen LogP contribution in [0, 0.1) is 0 Å². The molecule has 0 unspecified atom stereocenters. The van der Waals surface area contributed by atoms with Gasteiger partial charge in [-0.2, -0.15) is 0 Å². The fraction of sp³-hybridized carbons (Fsp3) is 0.136. The van der Waals surface area contributed by atoms with Crippen LogP contribution in [0.4, 0.5) is 0 Å². The number of benzene rings is 2. The lowest BCUT2D eigenvalue weighted by molar-refractivity contribution is -0.139. The summed E-state index contributed by atoms with van der Waals surface area (Å²) in [5.41, 5.74) is 2.84. The average molecular weight is 409 g/mol. The highest BCUT2D eigenvalue weighted by Gasteiger charge is 2.08. The SMILES string of the molecule is COC(=O)c1ccc(/C=C/C(=O)OCc2csc(-c3cccc(OC)c3)n2)cc1. The van der Waals surface area contributed by atoms with Gasteiger partial charge in [-0.15, -0.1) is 11.3 Å². The van der Waals surface area contributed by atoms with Crippen LogP contribution in [0.5, 0.6) is 5.75 Å². The smallest absolute Gasteiger partial charge is 0.337 e. The van der Waals surface area contributed by atoms with Crippen LogP contribution in [-0.2, 0) is 20.9 Å². The zero-order valence-corrected chi connectivity index (χ0v) is 16.8. The summed E-state index contributed by atoms with van der Waals surface area (Å²) in [5, 5.41) is 2.69. The molecule has 0 fully saturated rings. The van der Waals surface area contributed by atoms with Gasteiger partial charge in [-0.1, -0.05) is 24.3 Å². The topological polar surface area (TPSA) is 74.7 Å². The average Bonchev–Trinajstić information content (AvgIpc) is 3.25. The molecule has 0 aliphatic rings. The van der Waals surface area contributed by atoms with Gasteiger partial charge < -0.3 is 14.2 Å². The third-order valence-corrected chi connectivity index (χ3v) is 4.91. The molecule has 148 valence electrons. The largest absolute Gasteiger partial charge is 0.497 e. The van der Waals surface area contributed by atoms with E-state index in [9.17, 15) is 9.59 Å². The molecule has 0 saturated heterocycles. The normalized spacial score (nSPS) is 10.7. The van der Waals surface area contributed by atoms with Crippen molar-refractivity contribution in [1.29, 1.82) is 0 Å². The first-order valence-electron chi connectivity index (χ1n) is 8.71. The fourth-order valence-electron chi connectivity index (χ4n) is 2.47. The number of thiazole rings is 1. The highest BCUT2D eigenvalue weighted by atomic mass is 32.1. The number of nitrogens with zero attached hydrogens (tertiary/aromatic N) is 1. The standard InChI is InChI=1S/C22H19NO5S/c1-26-19-5-3-4-17(12-19)21-23-18(14-29-21)13-28-20(24)11-8-15-6-9-16(10-7-15)22(25)27-2/h3-12,14H,13H2,1-2H3/b11-8+. The maximum atomic E-state index is 11.9. The quantitative estimate of drug-likeness (QED) is 0.426. The first-order valence-corrected chi connectivity index (χ1v) is 9.59. The Labute approximate surface area is 172 Å². The number of carbonyl (C=O) groups is 2. The second-order valence-corrected chi connectivity index (χ2v) is 6.79. The molecule has 0 radical (unpaired) electrons. The second-order valence-electron chi connectivity index (χ2n) is 5.93. The minimum absolute atomic E-state index is 0.0882. The van der Waals surface area contributed by atoms with Crippen molar-refractivity contribution in [2.24, 2.45) is 0 Å². The van der Waals surface area contributed by atoms with E-state index in [0.717, 1.165) is 21.9 Å². The van der Waals surface area contributed by atoms with Gasteiger partial charge in [-0.25, -0.2) is 14.6 Å². The first kappa shape index (κ1) is 20.3. The van der Waals surface area contributed by atoms with Crippen LogP contribution >= 0.6 is 11.3 Å². The van der Waals surface area contributed by atoms with Crippen LogP contribution in [0.15, 0.2) is 60.0 Å². The van der Waals surface area contributed by atoms with Gasteiger partial charge in [0.15, 0.2) is 0 Å². The van der Waals surface area contributed by atoms with Crippen LogP contribution in [0.1, 0.15) is 21.6 Å². The minimum atomic E-state index is -0.474. The van der Waals surface area contributed by atoms with Gasteiger partial charge in [0.2, 0.25) is 0 Å². The highest BCUT2D eigenvalue weighted by molar-refractivity contribution is 7.13. The molecule has 0 aliphatic carbocycles. The molecule has 0 amide bonds. The van der Waals surface area contributed by atoms with Gasteiger partial charge in [0.25, 0.3) is 0 Å². The lowest BCUT2D eigenvalue weighted by Crippen LogP contribution is -2.01. The Kier molecular flexibility index (Phi) is 6.76. The Morgan fingerprint density at radius 2 is 1.90 bits per heavy atom. The Bertz CT molecular complexity index is 1020. The van der Waals surface area contributed by atoms with Gasteiger partial charge in [-0.3, -0.25) is 0 Å². The number of carbonyl (C=O) groups excluding carboxylic acids is 2. The summed E-state index contributed by atoms with van der Waals surface area (Å²) >= 11 is 1.48. The maximum Gasteiger partial charge on any atom is 0.337 e. The zero-order valence-electron chi connectivity index (χ0n) is 16.0. The van der Waals surface area contributed by atoms with E-state index in [4.69, 9.17) is 9.47 Å². The number of methoxy groups -OCH3 is 2. The number of hydrogen-bond donors (Lipinski definition) is 0. The van der Waals surface area contributed by atoms with Crippen molar-refractivity contribution in [2.45, 2.75) is 6.61 Å². The van der Waals surface area contributed by atoms with Crippen molar-refractivity contribution in [3.63, 3.8) is 0 Å². The van der Waals surface area contributed by atoms with Crippen LogP contribution < -0.4 is 4.74 Å². The molecule has 0 saturated carbocycles. The zero-order chi connectivity index (χ0) is 20.6. The molecular formula is C22H19NO5S. The Hall–Kier alpha value is -3.45. The fourth-order valence-corrected chi connectivity index (χ4v) is 3.27. The summed E-state index contributed by atoms with van der Waals surface area (Å²) < 4.78 is 15.1. The molecule has 3 aromatic rings. The van der Waals surface area contributed by atoms with E-state index in [0.29, 0.717) is 11.3 Å². The van der Waals surface area contributed by atoms with Gasteiger partial charge >= 0.3 is 11.9 Å². The van der Waals surface area contributed by atoms with Crippen molar-refractivity contribution in [2.75, 3.05) is 14.2 Å². The third kappa shape index (κ3) is 5.52. The lowest BCUT2D eigenvalue weighted by Gasteiger charge is -2.01. The number of esters is 2. The summed E-state index contributed by atoms with van der Waals surface area (Å²) in [6.07, 6.45) is 2.95. The highest BCUT2D eigenvalue weighted by Crippen LogP contribution is 2.27. The molecule has 0 atom stereocenters. The summed E-state index contributed by atoms with van der Waals surface area (Å²) in [7, 11) is 2.95. The molecule has 3 rings (SSSR count). The lowest BCUT2D eigenvalue weighted by atomic mass is 10.1. The van der Waals surface area contributed by atoms with Crippen molar-refractivity contribution < 1.29 is 23.8 Å². The predicted octanol–water partition coefficient (Wildman–Crippen LogP) is 4.36. The van der Waals surface area contributed by atoms with Crippen LogP contribution in [0.2, 0.25) is 0 Å². The van der Waals surface area contributed by atoms with Crippen molar-refractivity contribution >= 4 is 29.4 Å². The number of hydrogen-bond acceptors (Lipinski definition) is 7. The van der Waals surface area contributed by atoms with Gasteiger partial charge in [0.1, 0.15) is 17.4 Å². The molecular weight excluding hydrogens is 390 g/mol.